The van der Waals surface area contributed by atoms with Gasteiger partial charge in [-0.25, -0.2) is 0 Å². The molecule has 0 rings (SSSR count). The van der Waals surface area contributed by atoms with Crippen molar-refractivity contribution in [1.82, 2.24) is 10.6 Å². The van der Waals surface area contributed by atoms with E-state index in [2.05, 4.69) is 24.5 Å². The zero-order chi connectivity index (χ0) is 10.1. The lowest BCUT2D eigenvalue weighted by atomic mass is 10.1. The van der Waals surface area contributed by atoms with Crippen LogP contribution in [0.25, 0.3) is 0 Å². The molecule has 78 valence electrons. The molecule has 0 aliphatic rings. The summed E-state index contributed by atoms with van der Waals surface area (Å²) in [7, 11) is 1.92. The Morgan fingerprint density at radius 1 is 1.38 bits per heavy atom. The largest absolute Gasteiger partial charge is 0.356 e. The molecule has 1 unspecified atom stereocenters. The first-order valence-electron chi connectivity index (χ1n) is 5.12. The summed E-state index contributed by atoms with van der Waals surface area (Å²) in [4.78, 5) is 11.2. The summed E-state index contributed by atoms with van der Waals surface area (Å²) in [5.74, 6) is 0.690. The molecule has 0 bridgehead atoms. The number of nitrogens with one attached hydrogen (secondary N) is 2. The molecule has 0 aromatic rings. The predicted octanol–water partition coefficient (Wildman–Crippen LogP) is 1.15. The first-order chi connectivity index (χ1) is 6.20. The van der Waals surface area contributed by atoms with E-state index in [1.807, 2.05) is 7.05 Å². The van der Waals surface area contributed by atoms with Gasteiger partial charge in [0.1, 0.15) is 0 Å². The van der Waals surface area contributed by atoms with E-state index in [0.717, 1.165) is 25.9 Å². The molecule has 2 N–H and O–H groups in total. The molecular weight excluding hydrogens is 164 g/mol. The van der Waals surface area contributed by atoms with Gasteiger partial charge in [0, 0.05) is 13.0 Å². The first kappa shape index (κ1) is 12.4. The van der Waals surface area contributed by atoms with E-state index >= 15 is 0 Å². The number of carbonyl (C=O) groups is 1. The molecule has 1 amide bonds. The van der Waals surface area contributed by atoms with Crippen molar-refractivity contribution in [2.75, 3.05) is 20.1 Å². The summed E-state index contributed by atoms with van der Waals surface area (Å²) in [6.07, 6.45) is 2.74. The minimum Gasteiger partial charge on any atom is -0.356 e. The minimum atomic E-state index is 0.186. The van der Waals surface area contributed by atoms with Crippen molar-refractivity contribution >= 4 is 5.91 Å². The Bertz CT molecular complexity index is 137. The molecule has 0 saturated carbocycles. The van der Waals surface area contributed by atoms with Gasteiger partial charge < -0.3 is 10.6 Å². The highest BCUT2D eigenvalue weighted by atomic mass is 16.1. The van der Waals surface area contributed by atoms with Crippen molar-refractivity contribution in [2.24, 2.45) is 5.92 Å². The van der Waals surface area contributed by atoms with Gasteiger partial charge in [-0.15, -0.1) is 0 Å². The van der Waals surface area contributed by atoms with E-state index in [1.54, 1.807) is 0 Å². The summed E-state index contributed by atoms with van der Waals surface area (Å²) in [6, 6.07) is 0. The molecule has 0 fully saturated rings. The van der Waals surface area contributed by atoms with Gasteiger partial charge in [0.2, 0.25) is 5.91 Å². The van der Waals surface area contributed by atoms with Crippen LogP contribution >= 0.6 is 0 Å². The average Bonchev–Trinajstić information content (AvgIpc) is 2.12. The molecule has 0 aliphatic carbocycles. The van der Waals surface area contributed by atoms with Crippen molar-refractivity contribution in [3.05, 3.63) is 0 Å². The predicted molar refractivity (Wildman–Crippen MR) is 55.6 cm³/mol. The second-order valence-corrected chi connectivity index (χ2v) is 3.52. The van der Waals surface area contributed by atoms with E-state index < -0.39 is 0 Å². The van der Waals surface area contributed by atoms with Gasteiger partial charge in [-0.2, -0.15) is 0 Å². The topological polar surface area (TPSA) is 41.1 Å². The van der Waals surface area contributed by atoms with Gasteiger partial charge >= 0.3 is 0 Å². The molecule has 0 heterocycles. The van der Waals surface area contributed by atoms with E-state index in [1.165, 1.54) is 0 Å². The third-order valence-corrected chi connectivity index (χ3v) is 2.16. The van der Waals surface area contributed by atoms with E-state index in [9.17, 15) is 4.79 Å². The zero-order valence-corrected chi connectivity index (χ0v) is 9.02. The van der Waals surface area contributed by atoms with Crippen LogP contribution in [0, 0.1) is 5.92 Å². The fourth-order valence-electron chi connectivity index (χ4n) is 1.03. The standard InChI is InChI=1S/C10H22N2O/c1-4-9(2)8-10(13)12-7-5-6-11-3/h9,11H,4-8H2,1-3H3,(H,12,13). The summed E-state index contributed by atoms with van der Waals surface area (Å²) in [5, 5.41) is 5.95. The second kappa shape index (κ2) is 8.05. The Morgan fingerprint density at radius 2 is 2.08 bits per heavy atom. The van der Waals surface area contributed by atoms with Gasteiger partial charge in [0.15, 0.2) is 0 Å². The van der Waals surface area contributed by atoms with Gasteiger partial charge in [-0.3, -0.25) is 4.79 Å². The maximum Gasteiger partial charge on any atom is 0.220 e. The third-order valence-electron chi connectivity index (χ3n) is 2.16. The summed E-state index contributed by atoms with van der Waals surface area (Å²) < 4.78 is 0. The Morgan fingerprint density at radius 3 is 2.62 bits per heavy atom. The number of hydrogen-bond acceptors (Lipinski definition) is 2. The van der Waals surface area contributed by atoms with Crippen LogP contribution in [-0.4, -0.2) is 26.0 Å². The highest BCUT2D eigenvalue weighted by molar-refractivity contribution is 5.76. The van der Waals surface area contributed by atoms with E-state index in [-0.39, 0.29) is 5.91 Å². The molecule has 0 radical (unpaired) electrons. The number of carbonyl (C=O) groups excluding carboxylic acids is 1. The van der Waals surface area contributed by atoms with Crippen LogP contribution in [0.5, 0.6) is 0 Å². The van der Waals surface area contributed by atoms with Crippen molar-refractivity contribution in [3.63, 3.8) is 0 Å². The highest BCUT2D eigenvalue weighted by Crippen LogP contribution is 2.05. The molecule has 0 saturated heterocycles. The van der Waals surface area contributed by atoms with E-state index in [0.29, 0.717) is 12.3 Å². The van der Waals surface area contributed by atoms with E-state index in [4.69, 9.17) is 0 Å². The lowest BCUT2D eigenvalue weighted by molar-refractivity contribution is -0.121. The van der Waals surface area contributed by atoms with Crippen molar-refractivity contribution in [3.8, 4) is 0 Å². The Kier molecular flexibility index (Phi) is 7.69. The maximum absolute atomic E-state index is 11.2. The van der Waals surface area contributed by atoms with Gasteiger partial charge in [0.05, 0.1) is 0 Å². The molecule has 13 heavy (non-hydrogen) atoms. The summed E-state index contributed by atoms with van der Waals surface area (Å²) >= 11 is 0. The van der Waals surface area contributed by atoms with Crippen LogP contribution in [0.4, 0.5) is 0 Å². The molecule has 3 nitrogen and oxygen atoms in total. The van der Waals surface area contributed by atoms with Crippen LogP contribution in [0.15, 0.2) is 0 Å². The smallest absolute Gasteiger partial charge is 0.220 e. The normalized spacial score (nSPS) is 12.5. The maximum atomic E-state index is 11.2. The Labute approximate surface area is 81.3 Å². The summed E-state index contributed by atoms with van der Waals surface area (Å²) in [5.41, 5.74) is 0. The zero-order valence-electron chi connectivity index (χ0n) is 9.02. The molecule has 0 aliphatic heterocycles. The SMILES string of the molecule is CCC(C)CC(=O)NCCCNC. The molecule has 3 heteroatoms. The lowest BCUT2D eigenvalue weighted by Gasteiger charge is -2.08. The van der Waals surface area contributed by atoms with Crippen LogP contribution in [0.3, 0.4) is 0 Å². The molecule has 1 atom stereocenters. The Balaban J connectivity index is 3.30. The number of rotatable bonds is 7. The first-order valence-corrected chi connectivity index (χ1v) is 5.12. The number of amides is 1. The number of hydrogen-bond donors (Lipinski definition) is 2. The third kappa shape index (κ3) is 7.78. The van der Waals surface area contributed by atoms with Gasteiger partial charge in [-0.05, 0) is 25.9 Å². The molecule has 0 spiro atoms. The van der Waals surface area contributed by atoms with Crippen LogP contribution < -0.4 is 10.6 Å². The highest BCUT2D eigenvalue weighted by Gasteiger charge is 2.05. The second-order valence-electron chi connectivity index (χ2n) is 3.52. The molecular formula is C10H22N2O. The molecule has 0 aromatic heterocycles. The molecule has 0 aromatic carbocycles. The van der Waals surface area contributed by atoms with Gasteiger partial charge in [-0.1, -0.05) is 20.3 Å². The van der Waals surface area contributed by atoms with Gasteiger partial charge in [0.25, 0.3) is 0 Å². The van der Waals surface area contributed by atoms with Crippen LogP contribution in [0.2, 0.25) is 0 Å². The van der Waals surface area contributed by atoms with Crippen molar-refractivity contribution in [2.45, 2.75) is 33.1 Å². The average molecular weight is 186 g/mol. The van der Waals surface area contributed by atoms with Crippen LogP contribution in [0.1, 0.15) is 33.1 Å². The fourth-order valence-corrected chi connectivity index (χ4v) is 1.03. The minimum absolute atomic E-state index is 0.186. The quantitative estimate of drug-likeness (QED) is 0.586. The fraction of sp³-hybridized carbons (Fsp3) is 0.900. The summed E-state index contributed by atoms with van der Waals surface area (Å²) in [6.45, 7) is 5.96. The lowest BCUT2D eigenvalue weighted by Crippen LogP contribution is -2.27. The Hall–Kier alpha value is -0.570. The monoisotopic (exact) mass is 186 g/mol. The van der Waals surface area contributed by atoms with Crippen molar-refractivity contribution < 1.29 is 4.79 Å². The van der Waals surface area contributed by atoms with Crippen molar-refractivity contribution in [1.29, 1.82) is 0 Å². The van der Waals surface area contributed by atoms with Crippen LogP contribution in [-0.2, 0) is 4.79 Å².